The number of fused-ring (bicyclic) bond motifs is 1. The second kappa shape index (κ2) is 7.45. The summed E-state index contributed by atoms with van der Waals surface area (Å²) in [5, 5.41) is 2.99. The number of likely N-dealkylation sites (N-methyl/N-ethyl adjacent to an activating group) is 1. The summed E-state index contributed by atoms with van der Waals surface area (Å²) in [6.07, 6.45) is 2.58. The number of benzene rings is 1. The Morgan fingerprint density at radius 2 is 2.30 bits per heavy atom. The highest BCUT2D eigenvalue weighted by atomic mass is 32.1. The van der Waals surface area contributed by atoms with Crippen molar-refractivity contribution in [3.63, 3.8) is 0 Å². The maximum absolute atomic E-state index is 12.6. The number of urea groups is 1. The van der Waals surface area contributed by atoms with Crippen LogP contribution in [0.4, 0.5) is 16.3 Å². The predicted molar refractivity (Wildman–Crippen MR) is 107 cm³/mol. The average molecular weight is 383 g/mol. The van der Waals surface area contributed by atoms with Gasteiger partial charge in [-0.05, 0) is 37.7 Å². The molecule has 1 atom stereocenters. The number of aromatic nitrogens is 3. The molecule has 0 aliphatic carbocycles. The fourth-order valence-corrected chi connectivity index (χ4v) is 3.98. The third kappa shape index (κ3) is 3.99. The Bertz CT molecular complexity index is 960. The number of hydrogen-bond donors (Lipinski definition) is 2. The van der Waals surface area contributed by atoms with Crippen LogP contribution >= 0.6 is 11.3 Å². The summed E-state index contributed by atoms with van der Waals surface area (Å²) in [5.74, 6) is 1.16. The molecule has 2 amide bonds. The first-order valence-corrected chi connectivity index (χ1v) is 9.63. The van der Waals surface area contributed by atoms with E-state index in [1.54, 1.807) is 29.1 Å². The van der Waals surface area contributed by atoms with E-state index in [1.807, 2.05) is 30.1 Å². The van der Waals surface area contributed by atoms with E-state index in [0.717, 1.165) is 28.9 Å². The highest BCUT2D eigenvalue weighted by molar-refractivity contribution is 7.16. The molecule has 3 aromatic rings. The van der Waals surface area contributed by atoms with E-state index in [0.29, 0.717) is 24.7 Å². The number of carbonyl (C=O) groups excluding carboxylic acids is 1. The Morgan fingerprint density at radius 1 is 1.41 bits per heavy atom. The number of nitrogens with one attached hydrogen (secondary N) is 1. The third-order valence-corrected chi connectivity index (χ3v) is 5.57. The normalized spacial score (nSPS) is 17.0. The number of nitrogens with two attached hydrogens (primary N) is 1. The summed E-state index contributed by atoms with van der Waals surface area (Å²) in [4.78, 5) is 29.4. The second-order valence-corrected chi connectivity index (χ2v) is 7.55. The van der Waals surface area contributed by atoms with Crippen molar-refractivity contribution in [1.29, 1.82) is 0 Å². The molecule has 0 saturated carbocycles. The van der Waals surface area contributed by atoms with Gasteiger partial charge in [-0.25, -0.2) is 19.7 Å². The van der Waals surface area contributed by atoms with E-state index in [2.05, 4.69) is 25.2 Å². The van der Waals surface area contributed by atoms with Gasteiger partial charge < -0.3 is 16.0 Å². The van der Waals surface area contributed by atoms with Crippen molar-refractivity contribution in [2.45, 2.75) is 19.0 Å². The summed E-state index contributed by atoms with van der Waals surface area (Å²) in [6.45, 7) is 2.00. The molecular formula is C18H21N7OS. The van der Waals surface area contributed by atoms with Crippen LogP contribution in [0.1, 0.15) is 12.2 Å². The first-order valence-electron chi connectivity index (χ1n) is 8.75. The minimum atomic E-state index is -0.0741. The smallest absolute Gasteiger partial charge is 0.321 e. The van der Waals surface area contributed by atoms with Crippen molar-refractivity contribution in [3.05, 3.63) is 41.8 Å². The highest BCUT2D eigenvalue weighted by Crippen LogP contribution is 2.23. The van der Waals surface area contributed by atoms with Crippen LogP contribution in [0.5, 0.6) is 0 Å². The fraction of sp³-hybridized carbons (Fsp3) is 0.333. The van der Waals surface area contributed by atoms with Gasteiger partial charge in [-0.2, -0.15) is 0 Å². The fourth-order valence-electron chi connectivity index (χ4n) is 3.26. The zero-order valence-corrected chi connectivity index (χ0v) is 15.8. The van der Waals surface area contributed by atoms with Gasteiger partial charge in [-0.3, -0.25) is 4.90 Å². The molecule has 0 spiro atoms. The van der Waals surface area contributed by atoms with Crippen LogP contribution in [0.25, 0.3) is 10.2 Å². The van der Waals surface area contributed by atoms with Crippen LogP contribution in [0.15, 0.2) is 36.0 Å². The predicted octanol–water partition coefficient (Wildman–Crippen LogP) is 2.41. The molecule has 1 aliphatic heterocycles. The number of nitrogen functional groups attached to an aromatic ring is 1. The maximum Gasteiger partial charge on any atom is 0.321 e. The standard InChI is InChI=1S/C18H21N7OS/c1-24(10-17-20-6-4-16(19)23-17)13-5-7-25(9-13)18(26)22-12-2-3-14-15(8-12)27-11-21-14/h2-4,6,8,11,13H,5,7,9-10H2,1H3,(H,22,26)(H2,19,20,23). The SMILES string of the molecule is CN(Cc1nccc(N)n1)C1CCN(C(=O)Nc2ccc3ncsc3c2)C1. The number of nitrogens with zero attached hydrogens (tertiary/aromatic N) is 5. The van der Waals surface area contributed by atoms with Gasteiger partial charge in [0.05, 0.1) is 22.3 Å². The second-order valence-electron chi connectivity index (χ2n) is 6.67. The van der Waals surface area contributed by atoms with E-state index in [9.17, 15) is 4.79 Å². The number of rotatable bonds is 4. The lowest BCUT2D eigenvalue weighted by Crippen LogP contribution is -2.38. The zero-order valence-electron chi connectivity index (χ0n) is 15.0. The van der Waals surface area contributed by atoms with E-state index in [1.165, 1.54) is 0 Å². The van der Waals surface area contributed by atoms with Crippen molar-refractivity contribution >= 4 is 39.1 Å². The molecular weight excluding hydrogens is 362 g/mol. The van der Waals surface area contributed by atoms with Gasteiger partial charge in [0.1, 0.15) is 11.6 Å². The summed E-state index contributed by atoms with van der Waals surface area (Å²) >= 11 is 1.56. The Hall–Kier alpha value is -2.78. The molecule has 1 unspecified atom stereocenters. The quantitative estimate of drug-likeness (QED) is 0.718. The van der Waals surface area contributed by atoms with Gasteiger partial charge in [0, 0.05) is 31.0 Å². The third-order valence-electron chi connectivity index (χ3n) is 4.77. The molecule has 3 N–H and O–H groups in total. The molecule has 140 valence electrons. The van der Waals surface area contributed by atoms with Gasteiger partial charge in [-0.15, -0.1) is 11.3 Å². The van der Waals surface area contributed by atoms with Crippen molar-refractivity contribution in [1.82, 2.24) is 24.8 Å². The molecule has 0 bridgehead atoms. The first-order chi connectivity index (χ1) is 13.1. The lowest BCUT2D eigenvalue weighted by Gasteiger charge is -2.24. The average Bonchev–Trinajstić information content (AvgIpc) is 3.31. The minimum absolute atomic E-state index is 0.0741. The monoisotopic (exact) mass is 383 g/mol. The summed E-state index contributed by atoms with van der Waals surface area (Å²) in [6, 6.07) is 7.64. The van der Waals surface area contributed by atoms with Crippen LogP contribution in [0.2, 0.25) is 0 Å². The number of anilines is 2. The van der Waals surface area contributed by atoms with Crippen LogP contribution < -0.4 is 11.1 Å². The highest BCUT2D eigenvalue weighted by Gasteiger charge is 2.29. The van der Waals surface area contributed by atoms with E-state index in [-0.39, 0.29) is 12.1 Å². The summed E-state index contributed by atoms with van der Waals surface area (Å²) in [5.41, 5.74) is 9.27. The van der Waals surface area contributed by atoms with Crippen molar-refractivity contribution in [2.24, 2.45) is 0 Å². The number of hydrogen-bond acceptors (Lipinski definition) is 7. The van der Waals surface area contributed by atoms with Crippen LogP contribution in [0.3, 0.4) is 0 Å². The maximum atomic E-state index is 12.6. The number of amides is 2. The van der Waals surface area contributed by atoms with Crippen LogP contribution in [0, 0.1) is 0 Å². The first kappa shape index (κ1) is 17.6. The van der Waals surface area contributed by atoms with Gasteiger partial charge in [0.15, 0.2) is 0 Å². The van der Waals surface area contributed by atoms with Gasteiger partial charge in [0.25, 0.3) is 0 Å². The molecule has 2 aromatic heterocycles. The summed E-state index contributed by atoms with van der Waals surface area (Å²) in [7, 11) is 2.02. The van der Waals surface area contributed by atoms with Gasteiger partial charge >= 0.3 is 6.03 Å². The summed E-state index contributed by atoms with van der Waals surface area (Å²) < 4.78 is 1.06. The topological polar surface area (TPSA) is 100 Å². The molecule has 27 heavy (non-hydrogen) atoms. The molecule has 1 saturated heterocycles. The van der Waals surface area contributed by atoms with Crippen molar-refractivity contribution < 1.29 is 4.79 Å². The molecule has 8 nitrogen and oxygen atoms in total. The molecule has 1 fully saturated rings. The van der Waals surface area contributed by atoms with Crippen molar-refractivity contribution in [3.8, 4) is 0 Å². The van der Waals surface area contributed by atoms with Gasteiger partial charge in [-0.1, -0.05) is 0 Å². The number of thiazole rings is 1. The number of carbonyl (C=O) groups is 1. The molecule has 3 heterocycles. The molecule has 1 aliphatic rings. The lowest BCUT2D eigenvalue weighted by molar-refractivity contribution is 0.206. The Morgan fingerprint density at radius 3 is 3.15 bits per heavy atom. The zero-order chi connectivity index (χ0) is 18.8. The van der Waals surface area contributed by atoms with E-state index in [4.69, 9.17) is 5.73 Å². The minimum Gasteiger partial charge on any atom is -0.384 e. The Kier molecular flexibility index (Phi) is 4.87. The lowest BCUT2D eigenvalue weighted by atomic mass is 10.2. The number of likely N-dealkylation sites (tertiary alicyclic amines) is 1. The van der Waals surface area contributed by atoms with E-state index < -0.39 is 0 Å². The molecule has 0 radical (unpaired) electrons. The van der Waals surface area contributed by atoms with Gasteiger partial charge in [0.2, 0.25) is 0 Å². The molecule has 4 rings (SSSR count). The largest absolute Gasteiger partial charge is 0.384 e. The molecule has 1 aromatic carbocycles. The van der Waals surface area contributed by atoms with E-state index >= 15 is 0 Å². The Balaban J connectivity index is 1.34. The van der Waals surface area contributed by atoms with Crippen LogP contribution in [-0.2, 0) is 6.54 Å². The van der Waals surface area contributed by atoms with Crippen molar-refractivity contribution in [2.75, 3.05) is 31.2 Å². The Labute approximate surface area is 161 Å². The van der Waals surface area contributed by atoms with Crippen LogP contribution in [-0.4, -0.2) is 57.0 Å². The molecule has 9 heteroatoms.